The van der Waals surface area contributed by atoms with Crippen molar-refractivity contribution in [2.24, 2.45) is 0 Å². The third-order valence-corrected chi connectivity index (χ3v) is 2.74. The molecule has 0 fully saturated rings. The molecule has 2 heteroatoms. The number of hydrogen-bond acceptors (Lipinski definition) is 1. The molecule has 0 heterocycles. The summed E-state index contributed by atoms with van der Waals surface area (Å²) in [5.41, 5.74) is 5.07. The molecule has 2 nitrogen and oxygen atoms in total. The molecule has 0 aromatic heterocycles. The van der Waals surface area contributed by atoms with E-state index in [0.29, 0.717) is 6.42 Å². The molecule has 1 N–H and O–H groups in total. The molecule has 0 aliphatic heterocycles. The van der Waals surface area contributed by atoms with E-state index < -0.39 is 5.97 Å². The Morgan fingerprint density at radius 1 is 1.47 bits per heavy atom. The first kappa shape index (κ1) is 9.97. The van der Waals surface area contributed by atoms with Gasteiger partial charge in [-0.25, -0.2) is 0 Å². The molecular formula is C13H14O2. The van der Waals surface area contributed by atoms with Crippen molar-refractivity contribution in [3.63, 3.8) is 0 Å². The van der Waals surface area contributed by atoms with E-state index in [-0.39, 0.29) is 6.42 Å². The predicted octanol–water partition coefficient (Wildman–Crippen LogP) is 2.80. The van der Waals surface area contributed by atoms with Gasteiger partial charge < -0.3 is 5.11 Å². The second kappa shape index (κ2) is 3.89. The number of rotatable bonds is 3. The maximum Gasteiger partial charge on any atom is 0.303 e. The minimum absolute atomic E-state index is 0.235. The van der Waals surface area contributed by atoms with E-state index in [0.717, 1.165) is 6.42 Å². The van der Waals surface area contributed by atoms with Crippen LogP contribution in [0.1, 0.15) is 29.5 Å². The van der Waals surface area contributed by atoms with Crippen LogP contribution in [-0.4, -0.2) is 11.1 Å². The third-order valence-electron chi connectivity index (χ3n) is 2.74. The van der Waals surface area contributed by atoms with Crippen molar-refractivity contribution in [1.29, 1.82) is 0 Å². The lowest BCUT2D eigenvalue weighted by Gasteiger charge is -1.99. The first-order valence-electron chi connectivity index (χ1n) is 5.16. The van der Waals surface area contributed by atoms with Crippen LogP contribution in [0.5, 0.6) is 0 Å². The predicted molar refractivity (Wildman–Crippen MR) is 59.7 cm³/mol. The normalized spacial score (nSPS) is 13.5. The first-order valence-corrected chi connectivity index (χ1v) is 5.16. The second-order valence-electron chi connectivity index (χ2n) is 4.08. The van der Waals surface area contributed by atoms with Crippen LogP contribution in [0, 0.1) is 6.92 Å². The van der Waals surface area contributed by atoms with Crippen molar-refractivity contribution in [1.82, 2.24) is 0 Å². The Bertz CT molecular complexity index is 430. The molecule has 0 atom stereocenters. The summed E-state index contributed by atoms with van der Waals surface area (Å²) in [6, 6.07) is 6.39. The monoisotopic (exact) mass is 202 g/mol. The number of aliphatic carboxylic acids is 1. The summed E-state index contributed by atoms with van der Waals surface area (Å²) in [4.78, 5) is 10.5. The fourth-order valence-corrected chi connectivity index (χ4v) is 1.95. The topological polar surface area (TPSA) is 37.3 Å². The molecule has 0 unspecified atom stereocenters. The molecule has 0 radical (unpaired) electrons. The highest BCUT2D eigenvalue weighted by atomic mass is 16.4. The summed E-state index contributed by atoms with van der Waals surface area (Å²) in [5.74, 6) is -0.719. The average molecular weight is 202 g/mol. The average Bonchev–Trinajstić information content (AvgIpc) is 2.56. The molecule has 0 bridgehead atoms. The summed E-state index contributed by atoms with van der Waals surface area (Å²) in [6.07, 6.45) is 3.95. The number of carboxylic acids is 1. The Morgan fingerprint density at radius 3 is 3.00 bits per heavy atom. The van der Waals surface area contributed by atoms with E-state index in [1.807, 2.05) is 0 Å². The molecule has 1 aliphatic carbocycles. The minimum atomic E-state index is -0.719. The molecule has 78 valence electrons. The molecule has 0 saturated heterocycles. The largest absolute Gasteiger partial charge is 0.481 e. The molecule has 15 heavy (non-hydrogen) atoms. The van der Waals surface area contributed by atoms with Crippen molar-refractivity contribution in [3.05, 3.63) is 40.5 Å². The van der Waals surface area contributed by atoms with Crippen molar-refractivity contribution in [2.75, 3.05) is 0 Å². The van der Waals surface area contributed by atoms with Crippen LogP contribution in [0.25, 0.3) is 6.08 Å². The molecule has 0 saturated carbocycles. The molecular weight excluding hydrogens is 188 g/mol. The lowest BCUT2D eigenvalue weighted by Crippen LogP contribution is -1.95. The van der Waals surface area contributed by atoms with Crippen LogP contribution in [0.2, 0.25) is 0 Å². The number of aryl methyl sites for hydroxylation is 1. The fraction of sp³-hybridized carbons (Fsp3) is 0.308. The van der Waals surface area contributed by atoms with Crippen LogP contribution in [0.4, 0.5) is 0 Å². The SMILES string of the molecule is Cc1ccc2c(c1)C=C(CCC(=O)O)C2. The second-order valence-corrected chi connectivity index (χ2v) is 4.08. The Morgan fingerprint density at radius 2 is 2.27 bits per heavy atom. The number of carbonyl (C=O) groups is 1. The number of carboxylic acid groups (broad SMARTS) is 1. The van der Waals surface area contributed by atoms with Gasteiger partial charge >= 0.3 is 5.97 Å². The van der Waals surface area contributed by atoms with Gasteiger partial charge in [-0.2, -0.15) is 0 Å². The van der Waals surface area contributed by atoms with E-state index in [4.69, 9.17) is 5.11 Å². The van der Waals surface area contributed by atoms with Gasteiger partial charge in [-0.15, -0.1) is 0 Å². The summed E-state index contributed by atoms with van der Waals surface area (Å²) in [5, 5.41) is 8.61. The fourth-order valence-electron chi connectivity index (χ4n) is 1.95. The number of hydrogen-bond donors (Lipinski definition) is 1. The lowest BCUT2D eigenvalue weighted by molar-refractivity contribution is -0.136. The van der Waals surface area contributed by atoms with Crippen molar-refractivity contribution in [3.8, 4) is 0 Å². The van der Waals surface area contributed by atoms with Gasteiger partial charge in [0.1, 0.15) is 0 Å². The van der Waals surface area contributed by atoms with E-state index in [9.17, 15) is 4.79 Å². The quantitative estimate of drug-likeness (QED) is 0.818. The Labute approximate surface area is 89.2 Å². The highest BCUT2D eigenvalue weighted by Crippen LogP contribution is 2.28. The van der Waals surface area contributed by atoms with Gasteiger partial charge in [-0.3, -0.25) is 4.79 Å². The summed E-state index contributed by atoms with van der Waals surface area (Å²) in [6.45, 7) is 2.07. The van der Waals surface area contributed by atoms with Gasteiger partial charge in [0.2, 0.25) is 0 Å². The smallest absolute Gasteiger partial charge is 0.303 e. The zero-order valence-corrected chi connectivity index (χ0v) is 8.79. The first-order chi connectivity index (χ1) is 7.15. The molecule has 0 amide bonds. The van der Waals surface area contributed by atoms with Crippen LogP contribution >= 0.6 is 0 Å². The highest BCUT2D eigenvalue weighted by Gasteiger charge is 2.12. The van der Waals surface area contributed by atoms with Gasteiger partial charge in [0.25, 0.3) is 0 Å². The van der Waals surface area contributed by atoms with Crippen LogP contribution < -0.4 is 0 Å². The van der Waals surface area contributed by atoms with Crippen molar-refractivity contribution >= 4 is 12.0 Å². The number of fused-ring (bicyclic) bond motifs is 1. The molecule has 2 rings (SSSR count). The van der Waals surface area contributed by atoms with Crippen LogP contribution in [0.15, 0.2) is 23.8 Å². The van der Waals surface area contributed by atoms with E-state index >= 15 is 0 Å². The van der Waals surface area contributed by atoms with Crippen molar-refractivity contribution in [2.45, 2.75) is 26.2 Å². The molecule has 1 aromatic carbocycles. The van der Waals surface area contributed by atoms with Crippen molar-refractivity contribution < 1.29 is 9.90 Å². The Balaban J connectivity index is 2.10. The lowest BCUT2D eigenvalue weighted by atomic mass is 10.1. The van der Waals surface area contributed by atoms with E-state index in [1.165, 1.54) is 22.3 Å². The number of benzene rings is 1. The minimum Gasteiger partial charge on any atom is -0.481 e. The van der Waals surface area contributed by atoms with Gasteiger partial charge in [0.15, 0.2) is 0 Å². The van der Waals surface area contributed by atoms with Gasteiger partial charge in [0, 0.05) is 6.42 Å². The summed E-state index contributed by atoms with van der Waals surface area (Å²) >= 11 is 0. The molecule has 1 aliphatic rings. The van der Waals surface area contributed by atoms with Gasteiger partial charge in [-0.05, 0) is 30.9 Å². The summed E-state index contributed by atoms with van der Waals surface area (Å²) < 4.78 is 0. The third kappa shape index (κ3) is 2.27. The Kier molecular flexibility index (Phi) is 2.58. The Hall–Kier alpha value is -1.57. The highest BCUT2D eigenvalue weighted by molar-refractivity contribution is 5.69. The molecule has 1 aromatic rings. The van der Waals surface area contributed by atoms with Crippen LogP contribution in [0.3, 0.4) is 0 Å². The zero-order valence-electron chi connectivity index (χ0n) is 8.79. The maximum atomic E-state index is 10.5. The zero-order chi connectivity index (χ0) is 10.8. The maximum absolute atomic E-state index is 10.5. The molecule has 0 spiro atoms. The van der Waals surface area contributed by atoms with E-state index in [2.05, 4.69) is 31.2 Å². The number of allylic oxidation sites excluding steroid dienone is 1. The van der Waals surface area contributed by atoms with Gasteiger partial charge in [0.05, 0.1) is 0 Å². The van der Waals surface area contributed by atoms with Crippen LogP contribution in [-0.2, 0) is 11.2 Å². The summed E-state index contributed by atoms with van der Waals surface area (Å²) in [7, 11) is 0. The van der Waals surface area contributed by atoms with Gasteiger partial charge in [-0.1, -0.05) is 35.4 Å². The van der Waals surface area contributed by atoms with E-state index in [1.54, 1.807) is 0 Å². The standard InChI is InChI=1S/C13H14O2/c1-9-2-4-11-7-10(3-5-13(14)15)8-12(11)6-9/h2,4,6,8H,3,5,7H2,1H3,(H,14,15).